The third-order valence-electron chi connectivity index (χ3n) is 12.8. The molecule has 0 unspecified atom stereocenters. The fourth-order valence-corrected chi connectivity index (χ4v) is 8.18. The fraction of sp³-hybridized carbons (Fsp3) is 0.250. The number of carbonyl (C=O) groups excluding carboxylic acids is 6. The molecule has 1 aliphatic heterocycles. The molecule has 6 aromatic rings. The summed E-state index contributed by atoms with van der Waals surface area (Å²) in [4.78, 5) is 84.8. The van der Waals surface area contributed by atoms with E-state index in [9.17, 15) is 117 Å². The van der Waals surface area contributed by atoms with Crippen molar-refractivity contribution in [3.63, 3.8) is 0 Å². The summed E-state index contributed by atoms with van der Waals surface area (Å²) in [6.45, 7) is -5.87. The predicted molar refractivity (Wildman–Crippen MR) is 266 cm³/mol. The second kappa shape index (κ2) is 30.3. The molecule has 0 atom stereocenters. The number of carbonyl (C=O) groups is 6. The number of methoxy groups -OCH3 is 2. The van der Waals surface area contributed by atoms with E-state index in [1.54, 1.807) is 0 Å². The molecule has 504 valence electrons. The van der Waals surface area contributed by atoms with Gasteiger partial charge in [-0.3, -0.25) is 9.59 Å². The van der Waals surface area contributed by atoms with Gasteiger partial charge in [-0.05, 0) is 24.3 Å². The Morgan fingerprint density at radius 1 is 0.277 bits per heavy atom. The second-order valence-electron chi connectivity index (χ2n) is 18.4. The van der Waals surface area contributed by atoms with Gasteiger partial charge in [-0.15, -0.1) is 0 Å². The minimum atomic E-state index is -2.72. The van der Waals surface area contributed by atoms with Crippen LogP contribution in [0.2, 0.25) is 0 Å². The highest BCUT2D eigenvalue weighted by atomic mass is 19.2. The normalized spacial score (nSPS) is 13.8. The van der Waals surface area contributed by atoms with Crippen LogP contribution in [-0.2, 0) is 18.9 Å². The minimum Gasteiger partial charge on any atom is -0.495 e. The smallest absolute Gasteiger partial charge is 0.347 e. The van der Waals surface area contributed by atoms with Crippen molar-refractivity contribution in [2.45, 2.75) is 0 Å². The van der Waals surface area contributed by atoms with Crippen LogP contribution in [0.5, 0.6) is 34.5 Å². The van der Waals surface area contributed by atoms with Crippen molar-refractivity contribution in [2.75, 3.05) is 93.3 Å². The standard InChI is InChI=1S/C56H34F20N2O16/c1-85-45-21(53(81)91-47-37(69)29(61)25(57)30(62)38(47)70)15-19(16-22(45)54(82)92-48-39(71)31(63)26(58)32(64)40(48)72)51(79)77-3-7-87-11-13-89-9-5-78(6-10-90-14-12-88-8-4-77)52(80)20-17-23(55(83)93-49-41(73)33(65)27(59)34(66)42(49)74)46(86-2)24(18-20)56(84)94-50-43(75)35(67)28(60)36(68)44(50)76/h15-18H,3-14H2,1-2H3. The zero-order valence-electron chi connectivity index (χ0n) is 46.8. The predicted octanol–water partition coefficient (Wildman–Crippen LogP) is 10.0. The molecule has 0 radical (unpaired) electrons. The molecule has 18 nitrogen and oxygen atoms in total. The van der Waals surface area contributed by atoms with Crippen LogP contribution < -0.4 is 28.4 Å². The van der Waals surface area contributed by atoms with E-state index in [4.69, 9.17) is 28.4 Å². The van der Waals surface area contributed by atoms with Gasteiger partial charge in [0.05, 0.1) is 67.1 Å². The monoisotopic (exact) mass is 1370 g/mol. The molecule has 1 heterocycles. The van der Waals surface area contributed by atoms with E-state index in [0.29, 0.717) is 38.5 Å². The van der Waals surface area contributed by atoms with Crippen molar-refractivity contribution in [1.29, 1.82) is 0 Å². The van der Waals surface area contributed by atoms with Crippen molar-refractivity contribution in [1.82, 2.24) is 9.80 Å². The lowest BCUT2D eigenvalue weighted by molar-refractivity contribution is 0.00888. The van der Waals surface area contributed by atoms with E-state index < -0.39 is 299 Å². The average Bonchev–Trinajstić information content (AvgIpc) is 0.787. The van der Waals surface area contributed by atoms with Gasteiger partial charge < -0.3 is 57.2 Å². The maximum atomic E-state index is 14.7. The van der Waals surface area contributed by atoms with Crippen LogP contribution in [0.4, 0.5) is 87.8 Å². The summed E-state index contributed by atoms with van der Waals surface area (Å²) in [6, 6.07) is 1.73. The average molecular weight is 1370 g/mol. The molecule has 0 saturated carbocycles. The number of hydrogen-bond acceptors (Lipinski definition) is 16. The first-order valence-electron chi connectivity index (χ1n) is 25.7. The lowest BCUT2D eigenvalue weighted by atomic mass is 10.0. The number of benzene rings is 6. The van der Waals surface area contributed by atoms with Crippen molar-refractivity contribution in [2.24, 2.45) is 0 Å². The van der Waals surface area contributed by atoms with Crippen LogP contribution in [0, 0.1) is 116 Å². The van der Waals surface area contributed by atoms with Gasteiger partial charge in [0.15, 0.2) is 0 Å². The largest absolute Gasteiger partial charge is 0.495 e. The topological polar surface area (TPSA) is 201 Å². The highest BCUT2D eigenvalue weighted by Crippen LogP contribution is 2.38. The Bertz CT molecular complexity index is 3450. The van der Waals surface area contributed by atoms with Gasteiger partial charge in [0.2, 0.25) is 139 Å². The van der Waals surface area contributed by atoms with Crippen LogP contribution in [0.15, 0.2) is 24.3 Å². The third-order valence-corrected chi connectivity index (χ3v) is 12.8. The highest BCUT2D eigenvalue weighted by Gasteiger charge is 2.38. The van der Waals surface area contributed by atoms with Gasteiger partial charge in [-0.1, -0.05) is 0 Å². The fourth-order valence-electron chi connectivity index (χ4n) is 8.18. The molecule has 0 aliphatic carbocycles. The van der Waals surface area contributed by atoms with E-state index in [-0.39, 0.29) is 0 Å². The molecule has 94 heavy (non-hydrogen) atoms. The highest BCUT2D eigenvalue weighted by molar-refractivity contribution is 6.07. The van der Waals surface area contributed by atoms with Gasteiger partial charge in [-0.25, -0.2) is 71.9 Å². The number of nitrogens with zero attached hydrogens (tertiary/aromatic N) is 2. The van der Waals surface area contributed by atoms with Crippen LogP contribution >= 0.6 is 0 Å². The molecule has 1 saturated heterocycles. The van der Waals surface area contributed by atoms with Crippen LogP contribution in [-0.4, -0.2) is 139 Å². The summed E-state index contributed by atoms with van der Waals surface area (Å²) < 4.78 is 336. The lowest BCUT2D eigenvalue weighted by Crippen LogP contribution is -2.38. The Labute approximate surface area is 510 Å². The number of ether oxygens (including phenoxy) is 10. The molecule has 0 N–H and O–H groups in total. The zero-order chi connectivity index (χ0) is 69.5. The molecule has 7 rings (SSSR count). The molecule has 2 amide bonds. The Morgan fingerprint density at radius 2 is 0.447 bits per heavy atom. The number of amides is 2. The number of halogens is 20. The first kappa shape index (κ1) is 71.6. The van der Waals surface area contributed by atoms with Gasteiger partial charge >= 0.3 is 23.9 Å². The van der Waals surface area contributed by atoms with Gasteiger partial charge in [0.25, 0.3) is 11.8 Å². The molecule has 0 aromatic heterocycles. The van der Waals surface area contributed by atoms with E-state index in [0.717, 1.165) is 9.80 Å². The molecule has 0 bridgehead atoms. The Hall–Kier alpha value is -9.82. The maximum Gasteiger partial charge on any atom is 0.347 e. The molecule has 1 fully saturated rings. The quantitative estimate of drug-likeness (QED) is 0.0368. The number of esters is 4. The molecular weight excluding hydrogens is 1340 g/mol. The SMILES string of the molecule is COc1c(C(=O)Oc2c(F)c(F)c(F)c(F)c2F)cc(C(=O)N2CCOCCOCCN(C(=O)c3cc(C(=O)Oc4c(F)c(F)c(F)c(F)c4F)c(OC)c(C(=O)Oc4c(F)c(F)c(F)c(F)c4F)c3)CCOCCOCC2)cc1C(=O)Oc1c(F)c(F)c(F)c(F)c1F. The molecule has 38 heteroatoms. The summed E-state index contributed by atoms with van der Waals surface area (Å²) in [6.07, 6.45) is 0. The van der Waals surface area contributed by atoms with Crippen LogP contribution in [0.3, 0.4) is 0 Å². The first-order chi connectivity index (χ1) is 44.4. The molecular formula is C56H34F20N2O16. The van der Waals surface area contributed by atoms with Crippen LogP contribution in [0.25, 0.3) is 0 Å². The molecule has 0 spiro atoms. The lowest BCUT2D eigenvalue weighted by Gasteiger charge is -2.25. The van der Waals surface area contributed by atoms with E-state index in [1.807, 2.05) is 0 Å². The van der Waals surface area contributed by atoms with Gasteiger partial charge in [0.1, 0.15) is 33.8 Å². The van der Waals surface area contributed by atoms with Crippen molar-refractivity contribution < 1.29 is 164 Å². The van der Waals surface area contributed by atoms with Crippen molar-refractivity contribution >= 4 is 35.7 Å². The second-order valence-corrected chi connectivity index (χ2v) is 18.4. The maximum absolute atomic E-state index is 14.7. The van der Waals surface area contributed by atoms with Crippen molar-refractivity contribution in [3.8, 4) is 34.5 Å². The summed E-state index contributed by atoms with van der Waals surface area (Å²) in [5.41, 5.74) is -7.21. The molecule has 6 aromatic carbocycles. The summed E-state index contributed by atoms with van der Waals surface area (Å²) in [7, 11) is 1.24. The Morgan fingerprint density at radius 3 is 0.617 bits per heavy atom. The first-order valence-corrected chi connectivity index (χ1v) is 25.7. The summed E-state index contributed by atoms with van der Waals surface area (Å²) in [5, 5.41) is 0. The zero-order valence-corrected chi connectivity index (χ0v) is 46.8. The minimum absolute atomic E-state index is 0.416. The number of rotatable bonds is 12. The number of hydrogen-bond donors (Lipinski definition) is 0. The van der Waals surface area contributed by atoms with E-state index in [2.05, 4.69) is 18.9 Å². The third kappa shape index (κ3) is 14.7. The summed E-state index contributed by atoms with van der Waals surface area (Å²) in [5.74, 6) is -76.7. The summed E-state index contributed by atoms with van der Waals surface area (Å²) >= 11 is 0. The van der Waals surface area contributed by atoms with Crippen LogP contribution in [0.1, 0.15) is 62.1 Å². The van der Waals surface area contributed by atoms with E-state index in [1.165, 1.54) is 0 Å². The van der Waals surface area contributed by atoms with Crippen molar-refractivity contribution in [3.05, 3.63) is 174 Å². The Kier molecular flexibility index (Phi) is 23.1. The Balaban J connectivity index is 1.14. The molecule has 1 aliphatic rings. The van der Waals surface area contributed by atoms with E-state index >= 15 is 0 Å². The van der Waals surface area contributed by atoms with Gasteiger partial charge in [-0.2, -0.15) is 35.1 Å². The van der Waals surface area contributed by atoms with Gasteiger partial charge in [0, 0.05) is 37.3 Å².